The summed E-state index contributed by atoms with van der Waals surface area (Å²) < 4.78 is 7.18. The minimum Gasteiger partial charge on any atom is -0.462 e. The lowest BCUT2D eigenvalue weighted by Crippen LogP contribution is -2.05. The number of nitrogens with zero attached hydrogens (tertiary/aromatic N) is 1. The number of aromatic nitrogens is 1. The van der Waals surface area contributed by atoms with E-state index in [9.17, 15) is 4.79 Å². The molecule has 0 aliphatic rings. The number of carbonyl (C=O) groups is 1. The van der Waals surface area contributed by atoms with E-state index in [1.807, 2.05) is 18.2 Å². The molecule has 3 nitrogen and oxygen atoms in total. The van der Waals surface area contributed by atoms with Gasteiger partial charge in [0.1, 0.15) is 0 Å². The van der Waals surface area contributed by atoms with Crippen molar-refractivity contribution in [2.24, 2.45) is 0 Å². The van der Waals surface area contributed by atoms with E-state index in [0.29, 0.717) is 12.2 Å². The van der Waals surface area contributed by atoms with Crippen molar-refractivity contribution in [3.05, 3.63) is 58.9 Å². The summed E-state index contributed by atoms with van der Waals surface area (Å²) in [6.45, 7) is 6.35. The normalized spacial score (nSPS) is 11.1. The Kier molecular flexibility index (Phi) is 5.50. The number of hydrogen-bond acceptors (Lipinski definition) is 3. The molecule has 0 aliphatic carbocycles. The molecule has 116 valence electrons. The Hall–Kier alpha value is -1.94. The van der Waals surface area contributed by atoms with Gasteiger partial charge in [0.25, 0.3) is 0 Å². The van der Waals surface area contributed by atoms with E-state index in [0.717, 1.165) is 17.1 Å². The van der Waals surface area contributed by atoms with Gasteiger partial charge in [-0.25, -0.2) is 4.79 Å². The van der Waals surface area contributed by atoms with E-state index >= 15 is 0 Å². The molecule has 22 heavy (non-hydrogen) atoms. The van der Waals surface area contributed by atoms with Crippen molar-refractivity contribution in [3.63, 3.8) is 0 Å². The van der Waals surface area contributed by atoms with E-state index in [4.69, 9.17) is 4.74 Å². The van der Waals surface area contributed by atoms with Crippen molar-refractivity contribution < 1.29 is 9.53 Å². The Morgan fingerprint density at radius 1 is 1.27 bits per heavy atom. The molecule has 0 saturated heterocycles. The Labute approximate surface area is 137 Å². The SMILES string of the molecule is CCOC(=O)c1ccc(-n2c(C)cc(C=CCS)c2C)cc1. The average molecular weight is 315 g/mol. The highest BCUT2D eigenvalue weighted by atomic mass is 32.1. The summed E-state index contributed by atoms with van der Waals surface area (Å²) in [4.78, 5) is 11.7. The Morgan fingerprint density at radius 3 is 2.55 bits per heavy atom. The number of benzene rings is 1. The zero-order valence-electron chi connectivity index (χ0n) is 13.2. The lowest BCUT2D eigenvalue weighted by Gasteiger charge is -2.10. The fourth-order valence-corrected chi connectivity index (χ4v) is 2.60. The first-order chi connectivity index (χ1) is 10.6. The van der Waals surface area contributed by atoms with Gasteiger partial charge in [0.15, 0.2) is 0 Å². The second kappa shape index (κ2) is 7.36. The van der Waals surface area contributed by atoms with Crippen molar-refractivity contribution in [2.45, 2.75) is 20.8 Å². The lowest BCUT2D eigenvalue weighted by atomic mass is 10.2. The number of thiol groups is 1. The van der Waals surface area contributed by atoms with Gasteiger partial charge < -0.3 is 9.30 Å². The van der Waals surface area contributed by atoms with Gasteiger partial charge >= 0.3 is 5.97 Å². The highest BCUT2D eigenvalue weighted by Gasteiger charge is 2.10. The third-order valence-corrected chi connectivity index (χ3v) is 3.72. The maximum absolute atomic E-state index is 11.7. The summed E-state index contributed by atoms with van der Waals surface area (Å²) >= 11 is 4.20. The maximum Gasteiger partial charge on any atom is 0.338 e. The Bertz CT molecular complexity index is 684. The minimum absolute atomic E-state index is 0.285. The number of rotatable bonds is 5. The molecule has 1 aromatic heterocycles. The molecule has 0 atom stereocenters. The van der Waals surface area contributed by atoms with Crippen LogP contribution in [-0.4, -0.2) is 22.9 Å². The second-order valence-electron chi connectivity index (χ2n) is 5.01. The van der Waals surface area contributed by atoms with Gasteiger partial charge in [-0.2, -0.15) is 12.6 Å². The molecule has 2 rings (SSSR count). The lowest BCUT2D eigenvalue weighted by molar-refractivity contribution is 0.0526. The van der Waals surface area contributed by atoms with Gasteiger partial charge in [-0.05, 0) is 56.7 Å². The summed E-state index contributed by atoms with van der Waals surface area (Å²) in [5, 5.41) is 0. The number of carbonyl (C=O) groups excluding carboxylic acids is 1. The van der Waals surface area contributed by atoms with Gasteiger partial charge in [0.05, 0.1) is 12.2 Å². The van der Waals surface area contributed by atoms with Crippen LogP contribution < -0.4 is 0 Å². The Balaban J connectivity index is 2.34. The molecule has 2 aromatic rings. The van der Waals surface area contributed by atoms with Crippen molar-refractivity contribution in [1.82, 2.24) is 4.57 Å². The molecular formula is C18H21NO2S. The smallest absolute Gasteiger partial charge is 0.338 e. The first-order valence-electron chi connectivity index (χ1n) is 7.32. The molecule has 1 aromatic carbocycles. The van der Waals surface area contributed by atoms with Crippen molar-refractivity contribution in [3.8, 4) is 5.69 Å². The number of aryl methyl sites for hydroxylation is 1. The number of hydrogen-bond donors (Lipinski definition) is 1. The molecule has 0 N–H and O–H groups in total. The van der Waals surface area contributed by atoms with Crippen LogP contribution in [-0.2, 0) is 4.74 Å². The summed E-state index contributed by atoms with van der Waals surface area (Å²) in [6, 6.07) is 9.64. The maximum atomic E-state index is 11.7. The molecule has 1 heterocycles. The molecule has 0 fully saturated rings. The van der Waals surface area contributed by atoms with Crippen LogP contribution in [0.4, 0.5) is 0 Å². The molecule has 4 heteroatoms. The van der Waals surface area contributed by atoms with Crippen molar-refractivity contribution >= 4 is 24.7 Å². The summed E-state index contributed by atoms with van der Waals surface area (Å²) in [7, 11) is 0. The predicted octanol–water partition coefficient (Wildman–Crippen LogP) is 4.21. The van der Waals surface area contributed by atoms with Crippen LogP contribution in [0, 0.1) is 13.8 Å². The topological polar surface area (TPSA) is 31.2 Å². The number of ether oxygens (including phenoxy) is 1. The first kappa shape index (κ1) is 16.4. The van der Waals surface area contributed by atoms with E-state index in [1.165, 1.54) is 11.3 Å². The van der Waals surface area contributed by atoms with Gasteiger partial charge in [-0.15, -0.1) is 0 Å². The van der Waals surface area contributed by atoms with E-state index in [1.54, 1.807) is 19.1 Å². The molecule has 0 spiro atoms. The van der Waals surface area contributed by atoms with Crippen LogP contribution in [0.25, 0.3) is 11.8 Å². The molecule has 0 aliphatic heterocycles. The largest absolute Gasteiger partial charge is 0.462 e. The Morgan fingerprint density at radius 2 is 1.95 bits per heavy atom. The first-order valence-corrected chi connectivity index (χ1v) is 7.95. The third-order valence-electron chi connectivity index (χ3n) is 3.51. The summed E-state index contributed by atoms with van der Waals surface area (Å²) in [5.74, 6) is 0.435. The predicted molar refractivity (Wildman–Crippen MR) is 94.1 cm³/mol. The molecule has 0 bridgehead atoms. The standard InChI is InChI=1S/C18H21NO2S/c1-4-21-18(20)15-7-9-17(10-8-15)19-13(2)12-16(14(19)3)6-5-11-22/h5-10,12,22H,4,11H2,1-3H3. The molecule has 0 radical (unpaired) electrons. The molecular weight excluding hydrogens is 294 g/mol. The van der Waals surface area contributed by atoms with Crippen LogP contribution >= 0.6 is 12.6 Å². The molecule has 0 amide bonds. The van der Waals surface area contributed by atoms with E-state index in [2.05, 4.69) is 43.2 Å². The molecule has 0 saturated carbocycles. The fraction of sp³-hybridized carbons (Fsp3) is 0.278. The van der Waals surface area contributed by atoms with Gasteiger partial charge in [0.2, 0.25) is 0 Å². The van der Waals surface area contributed by atoms with Crippen LogP contribution in [0.3, 0.4) is 0 Å². The molecule has 0 unspecified atom stereocenters. The summed E-state index contributed by atoms with van der Waals surface area (Å²) in [5.41, 5.74) is 5.11. The van der Waals surface area contributed by atoms with Crippen molar-refractivity contribution in [1.29, 1.82) is 0 Å². The monoisotopic (exact) mass is 315 g/mol. The van der Waals surface area contributed by atoms with Crippen molar-refractivity contribution in [2.75, 3.05) is 12.4 Å². The van der Waals surface area contributed by atoms with Gasteiger partial charge in [-0.1, -0.05) is 12.2 Å². The number of esters is 1. The van der Waals surface area contributed by atoms with Gasteiger partial charge in [-0.3, -0.25) is 0 Å². The van der Waals surface area contributed by atoms with E-state index < -0.39 is 0 Å². The zero-order valence-corrected chi connectivity index (χ0v) is 14.1. The van der Waals surface area contributed by atoms with Crippen LogP contribution in [0.1, 0.15) is 34.2 Å². The third kappa shape index (κ3) is 3.45. The quantitative estimate of drug-likeness (QED) is 0.662. The fourth-order valence-electron chi connectivity index (χ4n) is 2.49. The highest BCUT2D eigenvalue weighted by molar-refractivity contribution is 7.80. The zero-order chi connectivity index (χ0) is 16.1. The van der Waals surface area contributed by atoms with Crippen LogP contribution in [0.15, 0.2) is 36.4 Å². The minimum atomic E-state index is -0.285. The van der Waals surface area contributed by atoms with Gasteiger partial charge in [0, 0.05) is 22.8 Å². The highest BCUT2D eigenvalue weighted by Crippen LogP contribution is 2.22. The van der Waals surface area contributed by atoms with E-state index in [-0.39, 0.29) is 5.97 Å². The van der Waals surface area contributed by atoms with Crippen LogP contribution in [0.2, 0.25) is 0 Å². The average Bonchev–Trinajstić information content (AvgIpc) is 2.80. The van der Waals surface area contributed by atoms with Crippen LogP contribution in [0.5, 0.6) is 0 Å². The summed E-state index contributed by atoms with van der Waals surface area (Å²) in [6.07, 6.45) is 4.11. The second-order valence-corrected chi connectivity index (χ2v) is 5.38.